The van der Waals surface area contributed by atoms with E-state index in [9.17, 15) is 4.79 Å². The second-order valence-corrected chi connectivity index (χ2v) is 5.05. The molecule has 0 heterocycles. The van der Waals surface area contributed by atoms with E-state index < -0.39 is 11.8 Å². The number of hydrogen-bond donors (Lipinski definition) is 3. The fraction of sp³-hybridized carbons (Fsp3) is 0.111. The molecule has 8 nitrogen and oxygen atoms in total. The molecule has 2 rings (SSSR count). The Morgan fingerprint density at radius 3 is 2.46 bits per heavy atom. The zero-order chi connectivity index (χ0) is 19.1. The van der Waals surface area contributed by atoms with Gasteiger partial charge >= 0.3 is 5.97 Å². The van der Waals surface area contributed by atoms with Crippen LogP contribution in [0.3, 0.4) is 0 Å². The van der Waals surface area contributed by atoms with Gasteiger partial charge in [-0.1, -0.05) is 18.2 Å². The number of nitriles is 1. The largest absolute Gasteiger partial charge is 0.497 e. The molecule has 0 aliphatic rings. The third-order valence-corrected chi connectivity index (χ3v) is 3.50. The predicted molar refractivity (Wildman–Crippen MR) is 98.4 cm³/mol. The summed E-state index contributed by atoms with van der Waals surface area (Å²) in [6, 6.07) is 13.8. The summed E-state index contributed by atoms with van der Waals surface area (Å²) in [5.41, 5.74) is 9.74. The summed E-state index contributed by atoms with van der Waals surface area (Å²) in [5, 5.41) is 20.1. The Bertz CT molecular complexity index is 898. The lowest BCUT2D eigenvalue weighted by Gasteiger charge is -2.14. The molecule has 26 heavy (non-hydrogen) atoms. The number of hydrazone groups is 1. The van der Waals surface area contributed by atoms with Crippen molar-refractivity contribution in [3.8, 4) is 22.9 Å². The van der Waals surface area contributed by atoms with Crippen molar-refractivity contribution in [3.63, 3.8) is 0 Å². The highest BCUT2D eigenvalue weighted by atomic mass is 16.5. The maximum absolute atomic E-state index is 12.2. The quantitative estimate of drug-likeness (QED) is 0.317. The SMILES string of the molecule is COC(=O)c1cccc(N/N=C(\C#N)C(=N)N)c1-c1ccc(OC)cc1. The number of anilines is 1. The lowest BCUT2D eigenvalue weighted by atomic mass is 9.97. The summed E-state index contributed by atoms with van der Waals surface area (Å²) in [5.74, 6) is -0.314. The average Bonchev–Trinajstić information content (AvgIpc) is 2.67. The monoisotopic (exact) mass is 351 g/mol. The van der Waals surface area contributed by atoms with E-state index in [4.69, 9.17) is 25.9 Å². The standard InChI is InChI=1S/C18H17N5O3/c1-25-12-8-6-11(7-9-12)16-13(18(24)26-2)4-3-5-14(16)22-23-15(10-19)17(20)21/h3-9,22H,1-2H3,(H3,20,21)/b23-15+. The Labute approximate surface area is 150 Å². The molecule has 4 N–H and O–H groups in total. The van der Waals surface area contributed by atoms with Crippen LogP contribution in [0.15, 0.2) is 47.6 Å². The molecule has 0 amide bonds. The van der Waals surface area contributed by atoms with Gasteiger partial charge in [0, 0.05) is 5.56 Å². The van der Waals surface area contributed by atoms with Gasteiger partial charge in [0.1, 0.15) is 11.8 Å². The van der Waals surface area contributed by atoms with Crippen LogP contribution in [0.1, 0.15) is 10.4 Å². The average molecular weight is 351 g/mol. The lowest BCUT2D eigenvalue weighted by molar-refractivity contribution is 0.0601. The van der Waals surface area contributed by atoms with Crippen LogP contribution in [-0.2, 0) is 4.74 Å². The van der Waals surface area contributed by atoms with Crippen molar-refractivity contribution in [3.05, 3.63) is 48.0 Å². The summed E-state index contributed by atoms with van der Waals surface area (Å²) in [4.78, 5) is 12.2. The molecule has 2 aromatic rings. The number of methoxy groups -OCH3 is 2. The van der Waals surface area contributed by atoms with Crippen LogP contribution in [0.5, 0.6) is 5.75 Å². The van der Waals surface area contributed by atoms with Gasteiger partial charge in [0.2, 0.25) is 5.71 Å². The van der Waals surface area contributed by atoms with Gasteiger partial charge in [-0.25, -0.2) is 4.79 Å². The molecule has 0 aromatic heterocycles. The molecular formula is C18H17N5O3. The zero-order valence-electron chi connectivity index (χ0n) is 14.2. The second kappa shape index (κ2) is 8.30. The number of esters is 1. The van der Waals surface area contributed by atoms with Crippen LogP contribution in [0, 0.1) is 16.7 Å². The Hall–Kier alpha value is -3.86. The van der Waals surface area contributed by atoms with Crippen molar-refractivity contribution in [1.82, 2.24) is 0 Å². The van der Waals surface area contributed by atoms with Gasteiger partial charge in [0.05, 0.1) is 25.5 Å². The maximum Gasteiger partial charge on any atom is 0.338 e. The Kier molecular flexibility index (Phi) is 5.90. The number of nitrogens with two attached hydrogens (primary N) is 1. The molecule has 0 aliphatic carbocycles. The van der Waals surface area contributed by atoms with E-state index in [0.717, 1.165) is 0 Å². The first-order valence-electron chi connectivity index (χ1n) is 7.45. The smallest absolute Gasteiger partial charge is 0.338 e. The summed E-state index contributed by atoms with van der Waals surface area (Å²) in [6.45, 7) is 0. The predicted octanol–water partition coefficient (Wildman–Crippen LogP) is 2.38. The van der Waals surface area contributed by atoms with Crippen molar-refractivity contribution < 1.29 is 14.3 Å². The number of carbonyl (C=O) groups excluding carboxylic acids is 1. The van der Waals surface area contributed by atoms with Crippen molar-refractivity contribution in [2.45, 2.75) is 0 Å². The molecule has 0 radical (unpaired) electrons. The number of ether oxygens (including phenoxy) is 2. The van der Waals surface area contributed by atoms with Gasteiger partial charge in [0.15, 0.2) is 5.84 Å². The summed E-state index contributed by atoms with van der Waals surface area (Å²) >= 11 is 0. The molecular weight excluding hydrogens is 334 g/mol. The summed E-state index contributed by atoms with van der Waals surface area (Å²) in [6.07, 6.45) is 0. The Morgan fingerprint density at radius 1 is 1.23 bits per heavy atom. The van der Waals surface area contributed by atoms with E-state index in [-0.39, 0.29) is 5.71 Å². The minimum absolute atomic E-state index is 0.269. The first-order chi connectivity index (χ1) is 12.5. The normalized spacial score (nSPS) is 10.6. The van der Waals surface area contributed by atoms with Crippen LogP contribution in [0.4, 0.5) is 5.69 Å². The topological polar surface area (TPSA) is 134 Å². The maximum atomic E-state index is 12.2. The zero-order valence-corrected chi connectivity index (χ0v) is 14.2. The van der Waals surface area contributed by atoms with Crippen molar-refractivity contribution in [1.29, 1.82) is 10.7 Å². The van der Waals surface area contributed by atoms with E-state index in [1.807, 2.05) is 0 Å². The molecule has 0 bridgehead atoms. The molecule has 8 heteroatoms. The number of hydrogen-bond acceptors (Lipinski definition) is 7. The minimum atomic E-state index is -0.518. The first kappa shape index (κ1) is 18.5. The Morgan fingerprint density at radius 2 is 1.92 bits per heavy atom. The van der Waals surface area contributed by atoms with E-state index in [2.05, 4.69) is 10.5 Å². The fourth-order valence-corrected chi connectivity index (χ4v) is 2.26. The highest BCUT2D eigenvalue weighted by Gasteiger charge is 2.17. The van der Waals surface area contributed by atoms with Crippen molar-refractivity contribution in [2.24, 2.45) is 10.8 Å². The molecule has 0 aliphatic heterocycles. The third-order valence-electron chi connectivity index (χ3n) is 3.50. The molecule has 0 spiro atoms. The molecule has 0 saturated heterocycles. The number of nitrogens with one attached hydrogen (secondary N) is 2. The highest BCUT2D eigenvalue weighted by molar-refractivity contribution is 6.45. The van der Waals surface area contributed by atoms with Gasteiger partial charge in [-0.2, -0.15) is 10.4 Å². The van der Waals surface area contributed by atoms with E-state index >= 15 is 0 Å². The van der Waals surface area contributed by atoms with E-state index in [1.165, 1.54) is 7.11 Å². The fourth-order valence-electron chi connectivity index (χ4n) is 2.26. The lowest BCUT2D eigenvalue weighted by Crippen LogP contribution is -2.22. The second-order valence-electron chi connectivity index (χ2n) is 5.05. The molecule has 132 valence electrons. The van der Waals surface area contributed by atoms with Crippen LogP contribution >= 0.6 is 0 Å². The van der Waals surface area contributed by atoms with Gasteiger partial charge in [-0.3, -0.25) is 10.8 Å². The van der Waals surface area contributed by atoms with Crippen LogP contribution in [0.2, 0.25) is 0 Å². The van der Waals surface area contributed by atoms with Crippen LogP contribution in [-0.4, -0.2) is 31.7 Å². The highest BCUT2D eigenvalue weighted by Crippen LogP contribution is 2.33. The van der Waals surface area contributed by atoms with Gasteiger partial charge in [-0.15, -0.1) is 0 Å². The van der Waals surface area contributed by atoms with Gasteiger partial charge in [0.25, 0.3) is 0 Å². The van der Waals surface area contributed by atoms with E-state index in [0.29, 0.717) is 28.1 Å². The van der Waals surface area contributed by atoms with Crippen LogP contribution < -0.4 is 15.9 Å². The molecule has 0 saturated carbocycles. The van der Waals surface area contributed by atoms with Crippen LogP contribution in [0.25, 0.3) is 11.1 Å². The van der Waals surface area contributed by atoms with Gasteiger partial charge in [-0.05, 0) is 29.8 Å². The Balaban J connectivity index is 2.59. The number of benzene rings is 2. The molecule has 2 aromatic carbocycles. The summed E-state index contributed by atoms with van der Waals surface area (Å²) < 4.78 is 10.0. The number of rotatable bonds is 6. The van der Waals surface area contributed by atoms with Crippen molar-refractivity contribution >= 4 is 23.2 Å². The van der Waals surface area contributed by atoms with Gasteiger partial charge < -0.3 is 15.2 Å². The molecule has 0 atom stereocenters. The number of amidine groups is 1. The minimum Gasteiger partial charge on any atom is -0.497 e. The molecule has 0 unspecified atom stereocenters. The summed E-state index contributed by atoms with van der Waals surface area (Å²) in [7, 11) is 2.85. The molecule has 0 fully saturated rings. The van der Waals surface area contributed by atoms with E-state index in [1.54, 1.807) is 55.6 Å². The third kappa shape index (κ3) is 3.96. The number of carbonyl (C=O) groups is 1. The number of nitrogens with zero attached hydrogens (tertiary/aromatic N) is 2. The first-order valence-corrected chi connectivity index (χ1v) is 7.45. The van der Waals surface area contributed by atoms with Crippen molar-refractivity contribution in [2.75, 3.05) is 19.6 Å².